The highest BCUT2D eigenvalue weighted by atomic mass is 16.6. The molecule has 244 valence electrons. The minimum Gasteiger partial charge on any atom is -0.462 e. The van der Waals surface area contributed by atoms with Crippen LogP contribution in [0.2, 0.25) is 0 Å². The predicted octanol–water partition coefficient (Wildman–Crippen LogP) is 10.5. The number of allylic oxidation sites excluding steroid dienone is 6. The van der Waals surface area contributed by atoms with Crippen molar-refractivity contribution in [2.45, 2.75) is 174 Å². The molecule has 0 aliphatic heterocycles. The number of ether oxygens (including phenoxy) is 2. The van der Waals surface area contributed by atoms with Gasteiger partial charge in [0, 0.05) is 12.8 Å². The second-order valence-electron chi connectivity index (χ2n) is 11.6. The molecule has 1 N–H and O–H groups in total. The molecule has 42 heavy (non-hydrogen) atoms. The lowest BCUT2D eigenvalue weighted by Gasteiger charge is -2.15. The Bertz CT molecular complexity index is 682. The Morgan fingerprint density at radius 1 is 0.548 bits per heavy atom. The summed E-state index contributed by atoms with van der Waals surface area (Å²) in [5, 5.41) is 9.50. The quantitative estimate of drug-likeness (QED) is 0.0494. The van der Waals surface area contributed by atoms with Crippen molar-refractivity contribution >= 4 is 11.9 Å². The van der Waals surface area contributed by atoms with Gasteiger partial charge >= 0.3 is 11.9 Å². The van der Waals surface area contributed by atoms with Crippen molar-refractivity contribution in [3.05, 3.63) is 36.5 Å². The Hall–Kier alpha value is -1.88. The highest BCUT2D eigenvalue weighted by molar-refractivity contribution is 5.70. The molecule has 5 heteroatoms. The van der Waals surface area contributed by atoms with E-state index in [1.165, 1.54) is 83.5 Å². The van der Waals surface area contributed by atoms with Crippen LogP contribution in [0.25, 0.3) is 0 Å². The van der Waals surface area contributed by atoms with E-state index < -0.39 is 6.10 Å². The summed E-state index contributed by atoms with van der Waals surface area (Å²) >= 11 is 0. The van der Waals surface area contributed by atoms with Crippen LogP contribution in [0.1, 0.15) is 168 Å². The van der Waals surface area contributed by atoms with E-state index in [1.54, 1.807) is 0 Å². The molecule has 1 atom stereocenters. The first-order chi connectivity index (χ1) is 20.6. The first-order valence-electron chi connectivity index (χ1n) is 17.5. The third-order valence-electron chi connectivity index (χ3n) is 7.41. The van der Waals surface area contributed by atoms with E-state index in [-0.39, 0.29) is 25.2 Å². The molecule has 0 aromatic carbocycles. The molecular weight excluding hydrogens is 524 g/mol. The van der Waals surface area contributed by atoms with Gasteiger partial charge in [-0.2, -0.15) is 0 Å². The molecule has 0 unspecified atom stereocenters. The van der Waals surface area contributed by atoms with E-state index in [2.05, 4.69) is 50.3 Å². The summed E-state index contributed by atoms with van der Waals surface area (Å²) in [4.78, 5) is 24.1. The minimum absolute atomic E-state index is 0.0729. The van der Waals surface area contributed by atoms with Crippen LogP contribution >= 0.6 is 0 Å². The molecule has 0 heterocycles. The summed E-state index contributed by atoms with van der Waals surface area (Å²) in [6.45, 7) is 4.04. The van der Waals surface area contributed by atoms with E-state index in [1.807, 2.05) is 0 Å². The number of rotatable bonds is 31. The van der Waals surface area contributed by atoms with E-state index in [0.29, 0.717) is 12.8 Å². The lowest BCUT2D eigenvalue weighted by atomic mass is 10.1. The van der Waals surface area contributed by atoms with E-state index in [9.17, 15) is 14.7 Å². The maximum atomic E-state index is 12.1. The molecule has 5 nitrogen and oxygen atoms in total. The second-order valence-corrected chi connectivity index (χ2v) is 11.6. The van der Waals surface area contributed by atoms with Gasteiger partial charge in [0.2, 0.25) is 0 Å². The van der Waals surface area contributed by atoms with Crippen LogP contribution < -0.4 is 0 Å². The fourth-order valence-electron chi connectivity index (χ4n) is 4.68. The molecule has 0 aromatic rings. The van der Waals surface area contributed by atoms with Gasteiger partial charge < -0.3 is 14.6 Å². The standard InChI is InChI=1S/C37H66O5/c1-3-5-7-9-11-13-15-16-17-18-19-20-22-23-25-27-29-31-36(39)41-34-35(33-38)42-37(40)32-30-28-26-24-21-14-12-10-8-6-4-2/h10-13,16-17,35,38H,3-9,14-15,18-34H2,1-2H3/t35-/m0/s1. The van der Waals surface area contributed by atoms with Crippen molar-refractivity contribution in [2.75, 3.05) is 13.2 Å². The van der Waals surface area contributed by atoms with E-state index in [4.69, 9.17) is 9.47 Å². The molecule has 0 fully saturated rings. The lowest BCUT2D eigenvalue weighted by Crippen LogP contribution is -2.28. The zero-order valence-corrected chi connectivity index (χ0v) is 27.5. The molecule has 0 rings (SSSR count). The predicted molar refractivity (Wildman–Crippen MR) is 178 cm³/mol. The third-order valence-corrected chi connectivity index (χ3v) is 7.41. The number of carbonyl (C=O) groups is 2. The summed E-state index contributed by atoms with van der Waals surface area (Å²) in [7, 11) is 0. The minimum atomic E-state index is -0.775. The van der Waals surface area contributed by atoms with Gasteiger partial charge in [-0.15, -0.1) is 0 Å². The Morgan fingerprint density at radius 2 is 0.976 bits per heavy atom. The second kappa shape index (κ2) is 33.6. The molecule has 0 saturated carbocycles. The first kappa shape index (κ1) is 40.1. The van der Waals surface area contributed by atoms with Gasteiger partial charge in [-0.25, -0.2) is 0 Å². The Morgan fingerprint density at radius 3 is 1.50 bits per heavy atom. The van der Waals surface area contributed by atoms with Crippen molar-refractivity contribution in [1.82, 2.24) is 0 Å². The molecule has 0 bridgehead atoms. The number of unbranched alkanes of at least 4 members (excludes halogenated alkanes) is 17. The van der Waals surface area contributed by atoms with Gasteiger partial charge in [-0.1, -0.05) is 127 Å². The lowest BCUT2D eigenvalue weighted by molar-refractivity contribution is -0.161. The van der Waals surface area contributed by atoms with Gasteiger partial charge in [-0.3, -0.25) is 9.59 Å². The van der Waals surface area contributed by atoms with Gasteiger partial charge in [-0.05, 0) is 64.2 Å². The smallest absolute Gasteiger partial charge is 0.306 e. The molecular formula is C37H66O5. The van der Waals surface area contributed by atoms with Gasteiger partial charge in [0.25, 0.3) is 0 Å². The molecule has 0 aliphatic carbocycles. The van der Waals surface area contributed by atoms with Crippen molar-refractivity contribution in [3.63, 3.8) is 0 Å². The molecule has 0 amide bonds. The van der Waals surface area contributed by atoms with Crippen molar-refractivity contribution in [2.24, 2.45) is 0 Å². The number of hydrogen-bond acceptors (Lipinski definition) is 5. The molecule has 0 aromatic heterocycles. The van der Waals surface area contributed by atoms with Gasteiger partial charge in [0.15, 0.2) is 6.10 Å². The average Bonchev–Trinajstić information content (AvgIpc) is 2.99. The highest BCUT2D eigenvalue weighted by Gasteiger charge is 2.16. The van der Waals surface area contributed by atoms with Crippen LogP contribution in [-0.2, 0) is 19.1 Å². The summed E-state index contributed by atoms with van der Waals surface area (Å²) < 4.78 is 10.5. The van der Waals surface area contributed by atoms with Crippen molar-refractivity contribution in [1.29, 1.82) is 0 Å². The monoisotopic (exact) mass is 590 g/mol. The van der Waals surface area contributed by atoms with Crippen LogP contribution in [0.15, 0.2) is 36.5 Å². The van der Waals surface area contributed by atoms with Crippen LogP contribution in [0, 0.1) is 0 Å². The summed E-state index contributed by atoms with van der Waals surface area (Å²) in [5.74, 6) is -0.613. The number of esters is 2. The normalized spacial score (nSPS) is 12.5. The van der Waals surface area contributed by atoms with Crippen molar-refractivity contribution in [3.8, 4) is 0 Å². The van der Waals surface area contributed by atoms with Crippen LogP contribution in [0.3, 0.4) is 0 Å². The maximum absolute atomic E-state index is 12.1. The fraction of sp³-hybridized carbons (Fsp3) is 0.784. The topological polar surface area (TPSA) is 72.8 Å². The van der Waals surface area contributed by atoms with Crippen LogP contribution in [0.5, 0.6) is 0 Å². The van der Waals surface area contributed by atoms with E-state index >= 15 is 0 Å². The zero-order valence-electron chi connectivity index (χ0n) is 27.5. The van der Waals surface area contributed by atoms with Gasteiger partial charge in [0.1, 0.15) is 6.61 Å². The largest absolute Gasteiger partial charge is 0.462 e. The fourth-order valence-corrected chi connectivity index (χ4v) is 4.68. The van der Waals surface area contributed by atoms with Crippen molar-refractivity contribution < 1.29 is 24.2 Å². The van der Waals surface area contributed by atoms with Gasteiger partial charge in [0.05, 0.1) is 6.61 Å². The summed E-state index contributed by atoms with van der Waals surface area (Å²) in [6, 6.07) is 0. The SMILES string of the molecule is CCCCC=CCCCCCCCC(=O)O[C@@H](CO)COC(=O)CCCCCCCCCC=CCC=CCCCCC. The van der Waals surface area contributed by atoms with Crippen LogP contribution in [0.4, 0.5) is 0 Å². The highest BCUT2D eigenvalue weighted by Crippen LogP contribution is 2.12. The number of aliphatic hydroxyl groups is 1. The summed E-state index contributed by atoms with van der Waals surface area (Å²) in [6.07, 6.45) is 39.1. The Labute approximate surface area is 259 Å². The average molecular weight is 591 g/mol. The number of carbonyl (C=O) groups excluding carboxylic acids is 2. The Balaban J connectivity index is 3.59. The van der Waals surface area contributed by atoms with E-state index in [0.717, 1.165) is 57.8 Å². The van der Waals surface area contributed by atoms with Crippen LogP contribution in [-0.4, -0.2) is 36.4 Å². The molecule has 0 saturated heterocycles. The summed E-state index contributed by atoms with van der Waals surface area (Å²) in [5.41, 5.74) is 0. The third kappa shape index (κ3) is 31.1. The Kier molecular flexibility index (Phi) is 32.1. The maximum Gasteiger partial charge on any atom is 0.306 e. The number of aliphatic hydroxyl groups excluding tert-OH is 1. The molecule has 0 radical (unpaired) electrons. The first-order valence-corrected chi connectivity index (χ1v) is 17.5. The molecule has 0 spiro atoms. The molecule has 0 aliphatic rings. The zero-order chi connectivity index (χ0) is 30.8. The number of hydrogen-bond donors (Lipinski definition) is 1.